The fourth-order valence-electron chi connectivity index (χ4n) is 1.31. The molecule has 0 atom stereocenters. The third-order valence-corrected chi connectivity index (χ3v) is 3.24. The molecule has 19 heavy (non-hydrogen) atoms. The molecule has 1 aromatic rings. The Labute approximate surface area is 127 Å². The van der Waals surface area contributed by atoms with Gasteiger partial charge in [-0.1, -0.05) is 22.0 Å². The molecule has 7 heteroatoms. The molecule has 1 aromatic carbocycles. The van der Waals surface area contributed by atoms with Crippen molar-refractivity contribution in [1.29, 1.82) is 0 Å². The summed E-state index contributed by atoms with van der Waals surface area (Å²) in [5.41, 5.74) is 0.215. The van der Waals surface area contributed by atoms with E-state index in [1.54, 1.807) is 12.1 Å². The van der Waals surface area contributed by atoms with E-state index in [0.29, 0.717) is 21.9 Å². The first kappa shape index (κ1) is 15.7. The van der Waals surface area contributed by atoms with Crippen LogP contribution in [0.2, 0.25) is 0 Å². The van der Waals surface area contributed by atoms with Crippen LogP contribution in [0, 0.1) is 0 Å². The first-order valence-corrected chi connectivity index (χ1v) is 6.92. The lowest BCUT2D eigenvalue weighted by Gasteiger charge is -2.12. The van der Waals surface area contributed by atoms with Crippen LogP contribution in [0.25, 0.3) is 0 Å². The second-order valence-corrected chi connectivity index (χ2v) is 5.34. The number of carboxylic acids is 1. The number of rotatable bonds is 5. The van der Waals surface area contributed by atoms with Gasteiger partial charge in [0.25, 0.3) is 0 Å². The highest BCUT2D eigenvalue weighted by Gasteiger charge is 2.16. The van der Waals surface area contributed by atoms with E-state index < -0.39 is 12.0 Å². The Balaban J connectivity index is 2.90. The minimum atomic E-state index is -1.12. The van der Waals surface area contributed by atoms with E-state index in [1.165, 1.54) is 6.07 Å². The summed E-state index contributed by atoms with van der Waals surface area (Å²) in [6.45, 7) is 3.98. The van der Waals surface area contributed by atoms with Gasteiger partial charge in [0, 0.05) is 15.5 Å². The van der Waals surface area contributed by atoms with Crippen LogP contribution < -0.4 is 10.6 Å². The molecule has 0 fully saturated rings. The summed E-state index contributed by atoms with van der Waals surface area (Å²) < 4.78 is 1.09. The molecule has 0 aliphatic carbocycles. The van der Waals surface area contributed by atoms with Gasteiger partial charge in [0.1, 0.15) is 0 Å². The van der Waals surface area contributed by atoms with E-state index in [-0.39, 0.29) is 11.3 Å². The smallest absolute Gasteiger partial charge is 0.337 e. The Morgan fingerprint density at radius 2 is 2.05 bits per heavy atom. The Bertz CT molecular complexity index is 518. The van der Waals surface area contributed by atoms with Crippen LogP contribution in [0.15, 0.2) is 33.7 Å². The van der Waals surface area contributed by atoms with E-state index in [0.717, 1.165) is 0 Å². The molecule has 0 aromatic heterocycles. The van der Waals surface area contributed by atoms with Crippen molar-refractivity contribution in [2.24, 2.45) is 0 Å². The van der Waals surface area contributed by atoms with Crippen LogP contribution in [0.3, 0.4) is 0 Å². The number of nitrogens with one attached hydrogen (secondary N) is 2. The van der Waals surface area contributed by atoms with Crippen molar-refractivity contribution in [3.8, 4) is 0 Å². The molecule has 0 aliphatic rings. The van der Waals surface area contributed by atoms with E-state index in [1.807, 2.05) is 0 Å². The van der Waals surface area contributed by atoms with Crippen LogP contribution in [-0.2, 0) is 0 Å². The molecule has 0 spiro atoms. The zero-order valence-corrected chi connectivity index (χ0v) is 13.0. The van der Waals surface area contributed by atoms with Gasteiger partial charge in [-0.05, 0) is 34.5 Å². The maximum Gasteiger partial charge on any atom is 0.337 e. The second kappa shape index (κ2) is 7.30. The number of amides is 2. The van der Waals surface area contributed by atoms with Gasteiger partial charge in [-0.15, -0.1) is 6.58 Å². The highest BCUT2D eigenvalue weighted by atomic mass is 79.9. The Kier molecular flexibility index (Phi) is 6.04. The highest BCUT2D eigenvalue weighted by molar-refractivity contribution is 9.11. The van der Waals surface area contributed by atoms with Crippen LogP contribution in [-0.4, -0.2) is 23.7 Å². The number of benzene rings is 1. The molecule has 0 saturated heterocycles. The van der Waals surface area contributed by atoms with Crippen LogP contribution in [0.5, 0.6) is 0 Å². The molecular weight excluding hydrogens is 380 g/mol. The maximum atomic E-state index is 11.6. The lowest BCUT2D eigenvalue weighted by Crippen LogP contribution is -2.30. The second-order valence-electron chi connectivity index (χ2n) is 3.57. The summed E-state index contributed by atoms with van der Waals surface area (Å²) in [5, 5.41) is 14.2. The average molecular weight is 392 g/mol. The molecule has 0 bridgehead atoms. The van der Waals surface area contributed by atoms with Crippen LogP contribution in [0.4, 0.5) is 10.5 Å². The van der Waals surface area contributed by atoms with Crippen LogP contribution in [0.1, 0.15) is 16.8 Å². The molecular formula is C12H12Br2N2O3. The predicted octanol–water partition coefficient (Wildman–Crippen LogP) is 3.61. The summed E-state index contributed by atoms with van der Waals surface area (Å²) in [4.78, 5) is 22.8. The van der Waals surface area contributed by atoms with E-state index in [4.69, 9.17) is 5.11 Å². The van der Waals surface area contributed by atoms with E-state index in [9.17, 15) is 9.59 Å². The number of hydrogen-bond donors (Lipinski definition) is 3. The lowest BCUT2D eigenvalue weighted by molar-refractivity contribution is 0.0698. The van der Waals surface area contributed by atoms with Gasteiger partial charge in [-0.2, -0.15) is 0 Å². The quantitative estimate of drug-likeness (QED) is 0.530. The van der Waals surface area contributed by atoms with E-state index >= 15 is 0 Å². The molecule has 0 radical (unpaired) electrons. The van der Waals surface area contributed by atoms with Crippen molar-refractivity contribution in [3.63, 3.8) is 0 Å². The summed E-state index contributed by atoms with van der Waals surface area (Å²) in [6, 6.07) is 2.62. The number of carbonyl (C=O) groups is 2. The number of carbonyl (C=O) groups excluding carboxylic acids is 1. The third kappa shape index (κ3) is 4.68. The van der Waals surface area contributed by atoms with Gasteiger partial charge in [-0.25, -0.2) is 9.59 Å². The summed E-state index contributed by atoms with van der Waals surface area (Å²) in [5.74, 6) is -1.12. The largest absolute Gasteiger partial charge is 0.478 e. The molecule has 2 amide bonds. The molecule has 1 rings (SSSR count). The van der Waals surface area contributed by atoms with Gasteiger partial charge < -0.3 is 15.7 Å². The summed E-state index contributed by atoms with van der Waals surface area (Å²) >= 11 is 6.42. The minimum absolute atomic E-state index is 0.000112. The molecule has 0 unspecified atom stereocenters. The average Bonchev–Trinajstić information content (AvgIpc) is 2.32. The molecule has 3 N–H and O–H groups in total. The topological polar surface area (TPSA) is 78.4 Å². The molecule has 0 saturated carbocycles. The van der Waals surface area contributed by atoms with Crippen molar-refractivity contribution in [3.05, 3.63) is 39.3 Å². The number of carboxylic acid groups (broad SMARTS) is 1. The number of anilines is 1. The molecule has 102 valence electrons. The molecule has 0 heterocycles. The normalized spacial score (nSPS) is 9.79. The number of urea groups is 1. The number of hydrogen-bond acceptors (Lipinski definition) is 2. The predicted molar refractivity (Wildman–Crippen MR) is 80.6 cm³/mol. The maximum absolute atomic E-state index is 11.6. The van der Waals surface area contributed by atoms with Crippen molar-refractivity contribution < 1.29 is 14.7 Å². The zero-order valence-electron chi connectivity index (χ0n) is 9.87. The Morgan fingerprint density at radius 1 is 1.37 bits per heavy atom. The van der Waals surface area contributed by atoms with Gasteiger partial charge in [0.2, 0.25) is 0 Å². The van der Waals surface area contributed by atoms with E-state index in [2.05, 4.69) is 49.1 Å². The highest BCUT2D eigenvalue weighted by Crippen LogP contribution is 2.30. The first-order chi connectivity index (χ1) is 8.95. The first-order valence-electron chi connectivity index (χ1n) is 5.33. The van der Waals surface area contributed by atoms with Gasteiger partial charge in [0.15, 0.2) is 0 Å². The monoisotopic (exact) mass is 390 g/mol. The van der Waals surface area contributed by atoms with Gasteiger partial charge in [0.05, 0.1) is 11.3 Å². The van der Waals surface area contributed by atoms with Crippen molar-refractivity contribution in [2.75, 3.05) is 11.9 Å². The minimum Gasteiger partial charge on any atom is -0.478 e. The third-order valence-electron chi connectivity index (χ3n) is 2.16. The fraction of sp³-hybridized carbons (Fsp3) is 0.167. The van der Waals surface area contributed by atoms with Crippen molar-refractivity contribution in [1.82, 2.24) is 5.32 Å². The van der Waals surface area contributed by atoms with Gasteiger partial charge >= 0.3 is 12.0 Å². The van der Waals surface area contributed by atoms with Crippen molar-refractivity contribution >= 4 is 49.5 Å². The standard InChI is InChI=1S/C12H12Br2N2O3/c1-2-3-4-15-12(19)16-10-8(11(17)18)5-7(13)6-9(10)14/h2,5-6H,1,3-4H2,(H,17,18)(H2,15,16,19). The number of aromatic carboxylic acids is 1. The zero-order chi connectivity index (χ0) is 14.4. The fourth-order valence-corrected chi connectivity index (χ4v) is 2.64. The van der Waals surface area contributed by atoms with Gasteiger partial charge in [-0.3, -0.25) is 0 Å². The van der Waals surface area contributed by atoms with Crippen molar-refractivity contribution in [2.45, 2.75) is 6.42 Å². The Morgan fingerprint density at radius 3 is 2.63 bits per heavy atom. The Hall–Kier alpha value is -1.34. The SMILES string of the molecule is C=CCCNC(=O)Nc1c(Br)cc(Br)cc1C(=O)O. The van der Waals surface area contributed by atoms with Crippen LogP contribution >= 0.6 is 31.9 Å². The molecule has 5 nitrogen and oxygen atoms in total. The number of halogens is 2. The lowest BCUT2D eigenvalue weighted by atomic mass is 10.2. The summed E-state index contributed by atoms with van der Waals surface area (Å²) in [6.07, 6.45) is 2.32. The summed E-state index contributed by atoms with van der Waals surface area (Å²) in [7, 11) is 0. The molecule has 0 aliphatic heterocycles.